The number of rotatable bonds is 6. The Balaban J connectivity index is 1.95. The van der Waals surface area contributed by atoms with Gasteiger partial charge in [-0.2, -0.15) is 0 Å². The van der Waals surface area contributed by atoms with Gasteiger partial charge in [0.05, 0.1) is 0 Å². The highest BCUT2D eigenvalue weighted by Crippen LogP contribution is 2.36. The van der Waals surface area contributed by atoms with Crippen molar-refractivity contribution in [2.45, 2.75) is 45.4 Å². The summed E-state index contributed by atoms with van der Waals surface area (Å²) in [7, 11) is 0. The summed E-state index contributed by atoms with van der Waals surface area (Å²) < 4.78 is 0. The Morgan fingerprint density at radius 1 is 1.44 bits per heavy atom. The number of hydrogen-bond donors (Lipinski definition) is 1. The molecule has 3 heteroatoms. The van der Waals surface area contributed by atoms with Gasteiger partial charge in [0.2, 0.25) is 0 Å². The van der Waals surface area contributed by atoms with Crippen molar-refractivity contribution in [3.05, 3.63) is 22.4 Å². The van der Waals surface area contributed by atoms with Crippen molar-refractivity contribution >= 4 is 17.1 Å². The topological polar surface area (TPSA) is 29.1 Å². The molecule has 0 saturated carbocycles. The normalized spacial score (nSPS) is 18.7. The average Bonchev–Trinajstić information content (AvgIpc) is 2.90. The fourth-order valence-corrected chi connectivity index (χ4v) is 3.72. The molecule has 1 aliphatic rings. The molecule has 1 aliphatic heterocycles. The lowest BCUT2D eigenvalue weighted by molar-refractivity contribution is -0.130. The van der Waals surface area contributed by atoms with Crippen molar-refractivity contribution < 1.29 is 4.79 Å². The van der Waals surface area contributed by atoms with E-state index in [2.05, 4.69) is 29.8 Å². The molecule has 0 atom stereocenters. The zero-order valence-electron chi connectivity index (χ0n) is 11.2. The molecule has 1 aromatic rings. The van der Waals surface area contributed by atoms with Gasteiger partial charge in [0.1, 0.15) is 5.78 Å². The summed E-state index contributed by atoms with van der Waals surface area (Å²) in [6, 6.07) is 4.20. The first kappa shape index (κ1) is 13.8. The van der Waals surface area contributed by atoms with E-state index >= 15 is 0 Å². The summed E-state index contributed by atoms with van der Waals surface area (Å²) in [5.41, 5.74) is -0.0166. The van der Waals surface area contributed by atoms with E-state index in [-0.39, 0.29) is 5.41 Å². The van der Waals surface area contributed by atoms with E-state index in [4.69, 9.17) is 0 Å². The number of aryl methyl sites for hydroxylation is 1. The van der Waals surface area contributed by atoms with Gasteiger partial charge in [-0.1, -0.05) is 19.4 Å². The van der Waals surface area contributed by atoms with Gasteiger partial charge in [-0.25, -0.2) is 0 Å². The summed E-state index contributed by atoms with van der Waals surface area (Å²) in [5, 5.41) is 5.46. The minimum atomic E-state index is -0.0166. The molecular formula is C15H23NOS. The Labute approximate surface area is 114 Å². The first-order valence-electron chi connectivity index (χ1n) is 7.03. The molecule has 1 fully saturated rings. The maximum Gasteiger partial charge on any atom is 0.139 e. The molecule has 0 amide bonds. The van der Waals surface area contributed by atoms with Gasteiger partial charge >= 0.3 is 0 Å². The van der Waals surface area contributed by atoms with Crippen molar-refractivity contribution in [1.29, 1.82) is 0 Å². The monoisotopic (exact) mass is 265 g/mol. The standard InChI is InChI=1S/C15H23NOS/c1-2-7-15(8-10-16-11-9-15)14(17)6-5-13-4-3-12-18-13/h3-4,12,16H,2,5-11H2,1H3. The highest BCUT2D eigenvalue weighted by Gasteiger charge is 2.37. The van der Waals surface area contributed by atoms with Gasteiger partial charge in [-0.3, -0.25) is 4.79 Å². The number of carbonyl (C=O) groups is 1. The molecular weight excluding hydrogens is 242 g/mol. The van der Waals surface area contributed by atoms with Crippen molar-refractivity contribution in [3.8, 4) is 0 Å². The molecule has 0 unspecified atom stereocenters. The van der Waals surface area contributed by atoms with Crippen LogP contribution in [-0.2, 0) is 11.2 Å². The lowest BCUT2D eigenvalue weighted by Gasteiger charge is -2.36. The summed E-state index contributed by atoms with van der Waals surface area (Å²) >= 11 is 1.76. The number of Topliss-reactive ketones (excluding diaryl/α,β-unsaturated/α-hetero) is 1. The molecule has 2 rings (SSSR count). The molecule has 1 aromatic heterocycles. The molecule has 18 heavy (non-hydrogen) atoms. The first-order chi connectivity index (χ1) is 8.77. The highest BCUT2D eigenvalue weighted by molar-refractivity contribution is 7.09. The van der Waals surface area contributed by atoms with E-state index in [1.807, 2.05) is 0 Å². The quantitative estimate of drug-likeness (QED) is 0.854. The number of hydrogen-bond acceptors (Lipinski definition) is 3. The molecule has 0 spiro atoms. The summed E-state index contributed by atoms with van der Waals surface area (Å²) in [6.45, 7) is 4.20. The molecule has 2 heterocycles. The molecule has 0 aromatic carbocycles. The predicted molar refractivity (Wildman–Crippen MR) is 77.1 cm³/mol. The van der Waals surface area contributed by atoms with Crippen LogP contribution < -0.4 is 5.32 Å². The van der Waals surface area contributed by atoms with Crippen LogP contribution in [0, 0.1) is 5.41 Å². The van der Waals surface area contributed by atoms with E-state index in [0.717, 1.165) is 51.6 Å². The highest BCUT2D eigenvalue weighted by atomic mass is 32.1. The SMILES string of the molecule is CCCC1(C(=O)CCc2cccs2)CCNCC1. The van der Waals surface area contributed by atoms with Crippen LogP contribution in [0.4, 0.5) is 0 Å². The smallest absolute Gasteiger partial charge is 0.139 e. The maximum absolute atomic E-state index is 12.6. The van der Waals surface area contributed by atoms with Crippen molar-refractivity contribution in [2.75, 3.05) is 13.1 Å². The Hall–Kier alpha value is -0.670. The van der Waals surface area contributed by atoms with Crippen LogP contribution in [0.3, 0.4) is 0 Å². The van der Waals surface area contributed by atoms with E-state index in [1.165, 1.54) is 4.88 Å². The molecule has 0 radical (unpaired) electrons. The second-order valence-corrected chi connectivity index (χ2v) is 6.32. The molecule has 0 bridgehead atoms. The molecule has 0 aliphatic carbocycles. The van der Waals surface area contributed by atoms with E-state index in [9.17, 15) is 4.79 Å². The number of nitrogens with one attached hydrogen (secondary N) is 1. The lowest BCUT2D eigenvalue weighted by Crippen LogP contribution is -2.42. The Morgan fingerprint density at radius 2 is 2.22 bits per heavy atom. The minimum Gasteiger partial charge on any atom is -0.317 e. The predicted octanol–water partition coefficient (Wildman–Crippen LogP) is 3.42. The zero-order valence-corrected chi connectivity index (χ0v) is 12.0. The third-order valence-electron chi connectivity index (χ3n) is 4.06. The Morgan fingerprint density at radius 3 is 2.83 bits per heavy atom. The van der Waals surface area contributed by atoms with Gasteiger partial charge in [0, 0.05) is 16.7 Å². The van der Waals surface area contributed by atoms with Crippen LogP contribution in [0.5, 0.6) is 0 Å². The summed E-state index contributed by atoms with van der Waals surface area (Å²) in [5.74, 6) is 0.499. The fraction of sp³-hybridized carbons (Fsp3) is 0.667. The van der Waals surface area contributed by atoms with E-state index in [0.29, 0.717) is 5.78 Å². The average molecular weight is 265 g/mol. The summed E-state index contributed by atoms with van der Waals surface area (Å²) in [6.07, 6.45) is 5.90. The largest absolute Gasteiger partial charge is 0.317 e. The molecule has 1 N–H and O–H groups in total. The fourth-order valence-electron chi connectivity index (χ4n) is 3.01. The Bertz CT molecular complexity index is 360. The van der Waals surface area contributed by atoms with Crippen LogP contribution in [0.1, 0.15) is 43.9 Å². The second-order valence-electron chi connectivity index (χ2n) is 5.28. The van der Waals surface area contributed by atoms with E-state index < -0.39 is 0 Å². The zero-order chi connectivity index (χ0) is 12.8. The maximum atomic E-state index is 12.6. The van der Waals surface area contributed by atoms with Crippen molar-refractivity contribution in [1.82, 2.24) is 5.32 Å². The van der Waals surface area contributed by atoms with Gasteiger partial charge in [0.15, 0.2) is 0 Å². The number of piperidine rings is 1. The third-order valence-corrected chi connectivity index (χ3v) is 5.00. The first-order valence-corrected chi connectivity index (χ1v) is 7.91. The molecule has 1 saturated heterocycles. The van der Waals surface area contributed by atoms with Gasteiger partial charge < -0.3 is 5.32 Å². The van der Waals surface area contributed by atoms with Gasteiger partial charge in [-0.15, -0.1) is 11.3 Å². The second kappa shape index (κ2) is 6.48. The van der Waals surface area contributed by atoms with Gasteiger partial charge in [-0.05, 0) is 50.2 Å². The van der Waals surface area contributed by atoms with Gasteiger partial charge in [0.25, 0.3) is 0 Å². The summed E-state index contributed by atoms with van der Waals surface area (Å²) in [4.78, 5) is 13.9. The third kappa shape index (κ3) is 3.21. The molecule has 100 valence electrons. The molecule has 2 nitrogen and oxygen atoms in total. The van der Waals surface area contributed by atoms with Crippen LogP contribution in [0.15, 0.2) is 17.5 Å². The minimum absolute atomic E-state index is 0.0166. The van der Waals surface area contributed by atoms with Crippen LogP contribution >= 0.6 is 11.3 Å². The lowest BCUT2D eigenvalue weighted by atomic mass is 9.71. The van der Waals surface area contributed by atoms with E-state index in [1.54, 1.807) is 11.3 Å². The van der Waals surface area contributed by atoms with Crippen LogP contribution in [-0.4, -0.2) is 18.9 Å². The van der Waals surface area contributed by atoms with Crippen molar-refractivity contribution in [2.24, 2.45) is 5.41 Å². The Kier molecular flexibility index (Phi) is 4.95. The van der Waals surface area contributed by atoms with Crippen molar-refractivity contribution in [3.63, 3.8) is 0 Å². The number of thiophene rings is 1. The number of ketones is 1. The van der Waals surface area contributed by atoms with Crippen LogP contribution in [0.25, 0.3) is 0 Å². The van der Waals surface area contributed by atoms with Crippen LogP contribution in [0.2, 0.25) is 0 Å². The number of carbonyl (C=O) groups excluding carboxylic acids is 1.